The van der Waals surface area contributed by atoms with Gasteiger partial charge < -0.3 is 15.0 Å². The smallest absolute Gasteiger partial charge is 0.324 e. The fraction of sp³-hybridized carbons (Fsp3) is 0.471. The van der Waals surface area contributed by atoms with Crippen molar-refractivity contribution in [3.8, 4) is 5.69 Å². The summed E-state index contributed by atoms with van der Waals surface area (Å²) in [5.41, 5.74) is 4.68. The topological polar surface area (TPSA) is 106 Å². The number of carbonyl (C=O) groups is 3. The first-order chi connectivity index (χ1) is 20.5. The second kappa shape index (κ2) is 12.6. The zero-order valence-electron chi connectivity index (χ0n) is 25.9. The minimum atomic E-state index is -0.338. The molecule has 2 aliphatic rings. The molecule has 3 aromatic rings. The Morgan fingerprint density at radius 2 is 1.58 bits per heavy atom. The number of aromatic nitrogens is 2. The van der Waals surface area contributed by atoms with Gasteiger partial charge in [-0.15, -0.1) is 0 Å². The number of urea groups is 1. The van der Waals surface area contributed by atoms with Crippen LogP contribution in [0.3, 0.4) is 0 Å². The number of fused-ring (bicyclic) bond motifs is 2. The molecule has 228 valence electrons. The van der Waals surface area contributed by atoms with Gasteiger partial charge in [0.25, 0.3) is 0 Å². The molecule has 0 spiro atoms. The Bertz CT molecular complexity index is 1440. The van der Waals surface area contributed by atoms with Gasteiger partial charge in [-0.1, -0.05) is 50.6 Å². The number of piperidine rings is 1. The highest BCUT2D eigenvalue weighted by Crippen LogP contribution is 2.40. The number of esters is 1. The van der Waals surface area contributed by atoms with Gasteiger partial charge in [0.05, 0.1) is 24.9 Å². The van der Waals surface area contributed by atoms with E-state index in [1.165, 1.54) is 12.7 Å². The molecule has 2 atom stereocenters. The molecule has 5 rings (SSSR count). The standard InChI is InChI=1S/C34H43N5O4/c1-22-6-12-26(13-7-22)39-30(21-29(37-39)34(2,3)4)36-33(42)35-25-10-8-23(9-11-25)18-24-19-27-14-15-28(20-24)38(27)31(40)16-17-32(41)43-5/h6-13,21,24,27-28H,14-20H2,1-5H3,(H2,35,36,42). The Kier molecular flexibility index (Phi) is 8.89. The highest BCUT2D eigenvalue weighted by atomic mass is 16.5. The summed E-state index contributed by atoms with van der Waals surface area (Å²) in [6.45, 7) is 8.34. The van der Waals surface area contributed by atoms with Gasteiger partial charge in [0.15, 0.2) is 0 Å². The SMILES string of the molecule is COC(=O)CCC(=O)N1C2CCC1CC(Cc1ccc(NC(=O)Nc3cc(C(C)(C)C)nn3-c3ccc(C)cc3)cc1)C2. The minimum absolute atomic E-state index is 0.0709. The van der Waals surface area contributed by atoms with Crippen LogP contribution in [0.1, 0.15) is 76.1 Å². The van der Waals surface area contributed by atoms with Crippen molar-refractivity contribution in [1.29, 1.82) is 0 Å². The Labute approximate surface area is 254 Å². The number of rotatable bonds is 8. The van der Waals surface area contributed by atoms with E-state index in [4.69, 9.17) is 9.84 Å². The average molecular weight is 586 g/mol. The number of aryl methyl sites for hydroxylation is 1. The molecule has 0 saturated carbocycles. The largest absolute Gasteiger partial charge is 0.469 e. The summed E-state index contributed by atoms with van der Waals surface area (Å²) in [6.07, 6.45) is 5.32. The molecule has 2 saturated heterocycles. The molecule has 3 heterocycles. The van der Waals surface area contributed by atoms with Crippen LogP contribution in [0.5, 0.6) is 0 Å². The lowest BCUT2D eigenvalue weighted by atomic mass is 9.85. The fourth-order valence-corrected chi connectivity index (χ4v) is 6.36. The molecule has 2 bridgehead atoms. The van der Waals surface area contributed by atoms with E-state index < -0.39 is 0 Å². The van der Waals surface area contributed by atoms with Gasteiger partial charge in [-0.3, -0.25) is 14.9 Å². The van der Waals surface area contributed by atoms with E-state index in [2.05, 4.69) is 43.5 Å². The van der Waals surface area contributed by atoms with Crippen LogP contribution in [0, 0.1) is 12.8 Å². The molecule has 2 fully saturated rings. The van der Waals surface area contributed by atoms with Gasteiger partial charge in [-0.05, 0) is 74.8 Å². The molecule has 0 radical (unpaired) electrons. The number of methoxy groups -OCH3 is 1. The summed E-state index contributed by atoms with van der Waals surface area (Å²) in [6, 6.07) is 18.2. The lowest BCUT2D eigenvalue weighted by Crippen LogP contribution is -2.47. The number of amides is 3. The Morgan fingerprint density at radius 1 is 0.930 bits per heavy atom. The van der Waals surface area contributed by atoms with Crippen LogP contribution in [-0.4, -0.2) is 51.8 Å². The summed E-state index contributed by atoms with van der Waals surface area (Å²) in [4.78, 5) is 39.4. The summed E-state index contributed by atoms with van der Waals surface area (Å²) in [5.74, 6) is 0.840. The highest BCUT2D eigenvalue weighted by molar-refractivity contribution is 5.99. The summed E-state index contributed by atoms with van der Waals surface area (Å²) >= 11 is 0. The van der Waals surface area contributed by atoms with Crippen LogP contribution in [0.15, 0.2) is 54.6 Å². The van der Waals surface area contributed by atoms with Gasteiger partial charge in [0.2, 0.25) is 5.91 Å². The van der Waals surface area contributed by atoms with Crippen molar-refractivity contribution in [2.75, 3.05) is 17.7 Å². The highest BCUT2D eigenvalue weighted by Gasteiger charge is 2.42. The van der Waals surface area contributed by atoms with Crippen LogP contribution in [-0.2, 0) is 26.2 Å². The van der Waals surface area contributed by atoms with Crippen molar-refractivity contribution in [2.45, 2.75) is 90.1 Å². The number of hydrogen-bond donors (Lipinski definition) is 2. The normalized spacial score (nSPS) is 19.7. The second-order valence-corrected chi connectivity index (χ2v) is 13.0. The number of anilines is 2. The minimum Gasteiger partial charge on any atom is -0.469 e. The molecule has 0 aliphatic carbocycles. The van der Waals surface area contributed by atoms with Gasteiger partial charge in [0, 0.05) is 35.7 Å². The maximum absolute atomic E-state index is 13.0. The maximum atomic E-state index is 13.0. The van der Waals surface area contributed by atoms with Gasteiger partial charge in [0.1, 0.15) is 5.82 Å². The Hall–Kier alpha value is -4.14. The quantitative estimate of drug-likeness (QED) is 0.298. The molecule has 43 heavy (non-hydrogen) atoms. The molecular formula is C34H43N5O4. The van der Waals surface area contributed by atoms with Crippen molar-refractivity contribution < 1.29 is 19.1 Å². The van der Waals surface area contributed by atoms with Crippen molar-refractivity contribution in [2.24, 2.45) is 5.92 Å². The predicted octanol–water partition coefficient (Wildman–Crippen LogP) is 6.39. The zero-order chi connectivity index (χ0) is 30.7. The molecular weight excluding hydrogens is 542 g/mol. The summed E-state index contributed by atoms with van der Waals surface area (Å²) < 4.78 is 6.47. The monoisotopic (exact) mass is 585 g/mol. The van der Waals surface area contributed by atoms with Gasteiger partial charge in [-0.2, -0.15) is 5.10 Å². The first kappa shape index (κ1) is 30.3. The number of nitrogens with one attached hydrogen (secondary N) is 2. The molecule has 2 aromatic carbocycles. The van der Waals surface area contributed by atoms with E-state index in [0.717, 1.165) is 49.0 Å². The van der Waals surface area contributed by atoms with E-state index in [1.807, 2.05) is 54.3 Å². The van der Waals surface area contributed by atoms with E-state index in [-0.39, 0.29) is 48.2 Å². The first-order valence-corrected chi connectivity index (χ1v) is 15.2. The lowest BCUT2D eigenvalue weighted by Gasteiger charge is -2.39. The van der Waals surface area contributed by atoms with Gasteiger partial charge in [-0.25, -0.2) is 9.48 Å². The van der Waals surface area contributed by atoms with E-state index in [9.17, 15) is 14.4 Å². The predicted molar refractivity (Wildman–Crippen MR) is 167 cm³/mol. The molecule has 9 nitrogen and oxygen atoms in total. The van der Waals surface area contributed by atoms with Gasteiger partial charge >= 0.3 is 12.0 Å². The van der Waals surface area contributed by atoms with E-state index in [1.54, 1.807) is 4.68 Å². The zero-order valence-corrected chi connectivity index (χ0v) is 25.9. The van der Waals surface area contributed by atoms with E-state index >= 15 is 0 Å². The number of hydrogen-bond acceptors (Lipinski definition) is 5. The third-order valence-corrected chi connectivity index (χ3v) is 8.62. The number of ether oxygens (including phenoxy) is 1. The number of benzene rings is 2. The van der Waals surface area contributed by atoms with Crippen LogP contribution in [0.25, 0.3) is 5.69 Å². The van der Waals surface area contributed by atoms with Crippen molar-refractivity contribution >= 4 is 29.4 Å². The third kappa shape index (κ3) is 7.27. The van der Waals surface area contributed by atoms with Crippen LogP contribution in [0.2, 0.25) is 0 Å². The summed E-state index contributed by atoms with van der Waals surface area (Å²) in [5, 5.41) is 10.7. The van der Waals surface area contributed by atoms with Crippen LogP contribution >= 0.6 is 0 Å². The van der Waals surface area contributed by atoms with Crippen molar-refractivity contribution in [3.05, 3.63) is 71.4 Å². The molecule has 3 amide bonds. The number of nitrogens with zero attached hydrogens (tertiary/aromatic N) is 3. The van der Waals surface area contributed by atoms with Crippen LogP contribution in [0.4, 0.5) is 16.3 Å². The molecule has 2 aliphatic heterocycles. The second-order valence-electron chi connectivity index (χ2n) is 13.0. The van der Waals surface area contributed by atoms with Crippen molar-refractivity contribution in [3.63, 3.8) is 0 Å². The maximum Gasteiger partial charge on any atom is 0.324 e. The van der Waals surface area contributed by atoms with E-state index in [0.29, 0.717) is 17.4 Å². The number of carbonyl (C=O) groups excluding carboxylic acids is 3. The fourth-order valence-electron chi connectivity index (χ4n) is 6.36. The lowest BCUT2D eigenvalue weighted by molar-refractivity contribution is -0.145. The molecule has 2 unspecified atom stereocenters. The third-order valence-electron chi connectivity index (χ3n) is 8.62. The Balaban J connectivity index is 1.17. The first-order valence-electron chi connectivity index (χ1n) is 15.2. The van der Waals surface area contributed by atoms with Crippen LogP contribution < -0.4 is 10.6 Å². The Morgan fingerprint density at radius 3 is 2.19 bits per heavy atom. The van der Waals surface area contributed by atoms with Crippen molar-refractivity contribution in [1.82, 2.24) is 14.7 Å². The average Bonchev–Trinajstić information content (AvgIpc) is 3.51. The molecule has 9 heteroatoms. The molecule has 2 N–H and O–H groups in total. The summed E-state index contributed by atoms with van der Waals surface area (Å²) in [7, 11) is 1.35. The molecule has 1 aromatic heterocycles.